The topological polar surface area (TPSA) is 296 Å². The largest absolute Gasteiger partial charge is 0.445 e. The lowest BCUT2D eigenvalue weighted by Crippen LogP contribution is -2.54. The summed E-state index contributed by atoms with van der Waals surface area (Å²) in [7, 11) is 0. The molecule has 22 nitrogen and oxygen atoms in total. The van der Waals surface area contributed by atoms with Gasteiger partial charge in [0.25, 0.3) is 11.8 Å². The summed E-state index contributed by atoms with van der Waals surface area (Å²) in [4.78, 5) is 97.6. The lowest BCUT2D eigenvalue weighted by Gasteiger charge is -2.28. The fourth-order valence-electron chi connectivity index (χ4n) is 8.95. The number of carbonyl (C=O) groups excluding carboxylic acids is 6. The standard InChI is InChI=1S/C54H64N14O8/c1-33(2)48(65-45(69)12-5-4-6-25-67-46(70)21-22-47(67)71)52(73)62-42(11-8-24-56-53(55)74)51(72)61-39-17-13-35(14-18-39)31-76-54(75)66-26-23-36-15-19-40(27-38(36)29-66)57-28-43-63-49(37-16-20-44-58-32-59-68(44)30-37)50(64-43)41-10-7-9-34(3)60-41/h7,9-10,13-22,27,30,32-33,42,48,53,56-57,74H,4-6,8,11-12,23-26,28-29,31,55H2,1-3H3,(H,61,72)(H,62,73)(H,63,64)(H,65,69)/t42-,48-,53?/m0/s1. The van der Waals surface area contributed by atoms with E-state index in [-0.39, 0.29) is 56.2 Å². The summed E-state index contributed by atoms with van der Waals surface area (Å²) in [6.07, 6.45) is 7.14. The van der Waals surface area contributed by atoms with Crippen molar-refractivity contribution in [1.29, 1.82) is 0 Å². The van der Waals surface area contributed by atoms with E-state index in [0.29, 0.717) is 68.8 Å². The van der Waals surface area contributed by atoms with Gasteiger partial charge in [-0.2, -0.15) is 5.10 Å². The number of aromatic amines is 1. The van der Waals surface area contributed by atoms with Gasteiger partial charge in [-0.25, -0.2) is 19.3 Å². The molecule has 0 spiro atoms. The van der Waals surface area contributed by atoms with E-state index in [2.05, 4.69) is 47.7 Å². The number of anilines is 2. The van der Waals surface area contributed by atoms with Crippen molar-refractivity contribution in [2.75, 3.05) is 30.3 Å². The second kappa shape index (κ2) is 25.3. The van der Waals surface area contributed by atoms with Crippen LogP contribution < -0.4 is 32.3 Å². The van der Waals surface area contributed by atoms with E-state index in [0.717, 1.165) is 55.7 Å². The number of aromatic nitrogens is 6. The molecular weight excluding hydrogens is 973 g/mol. The first-order valence-electron chi connectivity index (χ1n) is 25.5. The Morgan fingerprint density at radius 1 is 0.882 bits per heavy atom. The van der Waals surface area contributed by atoms with Gasteiger partial charge in [-0.15, -0.1) is 0 Å². The van der Waals surface area contributed by atoms with Crippen LogP contribution in [0.15, 0.2) is 97.5 Å². The summed E-state index contributed by atoms with van der Waals surface area (Å²) in [5.41, 5.74) is 14.3. The van der Waals surface area contributed by atoms with Gasteiger partial charge in [-0.1, -0.05) is 44.5 Å². The molecule has 6 heterocycles. The Morgan fingerprint density at radius 2 is 1.67 bits per heavy atom. The Bertz CT molecular complexity index is 3060. The first-order valence-corrected chi connectivity index (χ1v) is 25.5. The zero-order chi connectivity index (χ0) is 53.7. The summed E-state index contributed by atoms with van der Waals surface area (Å²) >= 11 is 0. The van der Waals surface area contributed by atoms with Gasteiger partial charge < -0.3 is 41.0 Å². The molecule has 0 aliphatic carbocycles. The molecule has 9 N–H and O–H groups in total. The second-order valence-corrected chi connectivity index (χ2v) is 19.2. The van der Waals surface area contributed by atoms with Gasteiger partial charge in [0.2, 0.25) is 17.7 Å². The van der Waals surface area contributed by atoms with Crippen LogP contribution in [-0.4, -0.2) is 118 Å². The molecule has 0 bridgehead atoms. The molecular formula is C54H64N14O8. The number of hydrogen-bond acceptors (Lipinski definition) is 15. The van der Waals surface area contributed by atoms with Crippen LogP contribution in [0.1, 0.15) is 80.6 Å². The number of aliphatic hydroxyl groups is 1. The van der Waals surface area contributed by atoms with Crippen molar-refractivity contribution < 1.29 is 38.6 Å². The van der Waals surface area contributed by atoms with Crippen molar-refractivity contribution >= 4 is 52.7 Å². The van der Waals surface area contributed by atoms with Crippen molar-refractivity contribution in [3.63, 3.8) is 0 Å². The molecule has 4 aromatic heterocycles. The molecule has 0 saturated carbocycles. The number of nitrogens with zero attached hydrogens (tertiary/aromatic N) is 7. The minimum atomic E-state index is -1.25. The number of nitrogens with two attached hydrogens (primary N) is 1. The van der Waals surface area contributed by atoms with E-state index in [1.54, 1.807) is 47.5 Å². The van der Waals surface area contributed by atoms with Gasteiger partial charge in [-0.05, 0) is 117 Å². The minimum absolute atomic E-state index is 0.00474. The van der Waals surface area contributed by atoms with E-state index in [1.807, 2.05) is 55.6 Å². The molecule has 76 heavy (non-hydrogen) atoms. The van der Waals surface area contributed by atoms with Crippen LogP contribution in [0.5, 0.6) is 0 Å². The molecule has 0 fully saturated rings. The fraction of sp³-hybridized carbons (Fsp3) is 0.370. The third-order valence-electron chi connectivity index (χ3n) is 13.1. The zero-order valence-corrected chi connectivity index (χ0v) is 42.8. The molecule has 0 saturated heterocycles. The van der Waals surface area contributed by atoms with Crippen LogP contribution >= 0.6 is 0 Å². The smallest absolute Gasteiger partial charge is 0.410 e. The molecule has 3 atom stereocenters. The first-order chi connectivity index (χ1) is 36.7. The number of nitrogens with one attached hydrogen (secondary N) is 6. The number of aryl methyl sites for hydroxylation is 1. The number of imidazole rings is 1. The maximum absolute atomic E-state index is 13.7. The van der Waals surface area contributed by atoms with Crippen molar-refractivity contribution in [1.82, 2.24) is 55.3 Å². The highest BCUT2D eigenvalue weighted by atomic mass is 16.6. The van der Waals surface area contributed by atoms with Gasteiger partial charge in [0.1, 0.15) is 36.5 Å². The lowest BCUT2D eigenvalue weighted by atomic mass is 9.99. The van der Waals surface area contributed by atoms with E-state index < -0.39 is 36.3 Å². The third-order valence-corrected chi connectivity index (χ3v) is 13.1. The Balaban J connectivity index is 0.818. The highest BCUT2D eigenvalue weighted by Gasteiger charge is 2.30. The molecule has 22 heteroatoms. The number of pyridine rings is 2. The average molecular weight is 1040 g/mol. The number of amides is 6. The summed E-state index contributed by atoms with van der Waals surface area (Å²) in [5.74, 6) is -1.68. The van der Waals surface area contributed by atoms with Crippen LogP contribution in [-0.2, 0) is 54.8 Å². The molecule has 2 aromatic carbocycles. The summed E-state index contributed by atoms with van der Waals surface area (Å²) < 4.78 is 7.47. The van der Waals surface area contributed by atoms with Crippen LogP contribution in [0.2, 0.25) is 0 Å². The van der Waals surface area contributed by atoms with Crippen molar-refractivity contribution in [3.8, 4) is 22.6 Å². The molecule has 8 rings (SSSR count). The molecule has 2 aliphatic heterocycles. The van der Waals surface area contributed by atoms with Gasteiger partial charge in [-0.3, -0.25) is 44.9 Å². The predicted octanol–water partition coefficient (Wildman–Crippen LogP) is 4.45. The number of unbranched alkanes of at least 4 members (excludes halogenated alkanes) is 2. The number of rotatable bonds is 24. The summed E-state index contributed by atoms with van der Waals surface area (Å²) in [6, 6.07) is 20.7. The molecule has 0 radical (unpaired) electrons. The SMILES string of the molecule is Cc1cccc(-c2nc(CNc3ccc4c(c3)CN(C(=O)OCc3ccc(NC(=O)[C@H](CCCNC(N)O)NC(=O)[C@@H](NC(=O)CCCCCN5C(=O)C=CC5=O)C(C)C)cc3)CC4)[nH]c2-c2ccc3ncnn3c2)n1. The van der Waals surface area contributed by atoms with Gasteiger partial charge >= 0.3 is 6.09 Å². The van der Waals surface area contributed by atoms with E-state index in [9.17, 15) is 33.9 Å². The summed E-state index contributed by atoms with van der Waals surface area (Å²) in [5, 5.41) is 28.4. The average Bonchev–Trinajstić information content (AvgIpc) is 4.18. The number of fused-ring (bicyclic) bond motifs is 2. The third kappa shape index (κ3) is 14.3. The van der Waals surface area contributed by atoms with Crippen LogP contribution in [0.25, 0.3) is 28.3 Å². The number of ether oxygens (including phenoxy) is 1. The molecule has 1 unspecified atom stereocenters. The first kappa shape index (κ1) is 53.9. The molecule has 398 valence electrons. The summed E-state index contributed by atoms with van der Waals surface area (Å²) in [6.45, 7) is 7.29. The molecule has 6 amide bonds. The van der Waals surface area contributed by atoms with Crippen LogP contribution in [0.3, 0.4) is 0 Å². The second-order valence-electron chi connectivity index (χ2n) is 19.2. The fourth-order valence-corrected chi connectivity index (χ4v) is 8.95. The van der Waals surface area contributed by atoms with E-state index >= 15 is 0 Å². The number of aliphatic hydroxyl groups excluding tert-OH is 1. The number of benzene rings is 2. The maximum Gasteiger partial charge on any atom is 0.410 e. The lowest BCUT2D eigenvalue weighted by molar-refractivity contribution is -0.137. The van der Waals surface area contributed by atoms with Crippen LogP contribution in [0.4, 0.5) is 16.2 Å². The van der Waals surface area contributed by atoms with Gasteiger partial charge in [0.05, 0.1) is 17.9 Å². The van der Waals surface area contributed by atoms with Gasteiger partial charge in [0.15, 0.2) is 12.0 Å². The van der Waals surface area contributed by atoms with E-state index in [1.165, 1.54) is 18.5 Å². The highest BCUT2D eigenvalue weighted by Crippen LogP contribution is 2.30. The number of carbonyl (C=O) groups is 6. The Kier molecular flexibility index (Phi) is 17.9. The Labute approximate surface area is 439 Å². The van der Waals surface area contributed by atoms with Gasteiger partial charge in [0, 0.05) is 67.0 Å². The highest BCUT2D eigenvalue weighted by molar-refractivity contribution is 6.12. The minimum Gasteiger partial charge on any atom is -0.445 e. The van der Waals surface area contributed by atoms with Crippen LogP contribution in [0, 0.1) is 12.8 Å². The normalized spacial score (nSPS) is 14.4. The molecule has 6 aromatic rings. The van der Waals surface area contributed by atoms with E-state index in [4.69, 9.17) is 20.4 Å². The molecule has 2 aliphatic rings. The van der Waals surface area contributed by atoms with Crippen molar-refractivity contribution in [2.45, 2.75) is 104 Å². The number of imide groups is 1. The number of H-pyrrole nitrogens is 1. The van der Waals surface area contributed by atoms with Crippen molar-refractivity contribution in [3.05, 3.63) is 126 Å². The Morgan fingerprint density at radius 3 is 2.43 bits per heavy atom. The maximum atomic E-state index is 13.7. The monoisotopic (exact) mass is 1040 g/mol. The Hall–Kier alpha value is -8.34. The quantitative estimate of drug-likeness (QED) is 0.0236. The predicted molar refractivity (Wildman–Crippen MR) is 282 cm³/mol. The number of hydrogen-bond donors (Lipinski definition) is 8. The van der Waals surface area contributed by atoms with Crippen molar-refractivity contribution in [2.24, 2.45) is 11.7 Å². The zero-order valence-electron chi connectivity index (χ0n) is 42.8.